The molecule has 0 unspecified atom stereocenters. The van der Waals surface area contributed by atoms with E-state index in [0.717, 1.165) is 51.9 Å². The van der Waals surface area contributed by atoms with Crippen LogP contribution in [-0.2, 0) is 4.79 Å². The summed E-state index contributed by atoms with van der Waals surface area (Å²) in [6.45, 7) is 3.46. The number of rotatable bonds is 3. The van der Waals surface area contributed by atoms with Crippen molar-refractivity contribution in [1.82, 2.24) is 9.80 Å². The Labute approximate surface area is 138 Å². The number of aliphatic hydroxyl groups excluding tert-OH is 1. The first-order valence-electron chi connectivity index (χ1n) is 9.00. The van der Waals surface area contributed by atoms with E-state index >= 15 is 0 Å². The number of hydrogen-bond donors (Lipinski definition) is 1. The van der Waals surface area contributed by atoms with E-state index in [9.17, 15) is 9.90 Å². The number of carbonyl (C=O) groups excluding carboxylic acids is 1. The fourth-order valence-corrected chi connectivity index (χ4v) is 4.39. The van der Waals surface area contributed by atoms with Crippen LogP contribution in [0, 0.1) is 5.92 Å². The average Bonchev–Trinajstić information content (AvgIpc) is 3.29. The minimum atomic E-state index is -0.164. The lowest BCUT2D eigenvalue weighted by Crippen LogP contribution is -2.54. The Morgan fingerprint density at radius 3 is 2.43 bits per heavy atom. The highest BCUT2D eigenvalue weighted by Gasteiger charge is 2.46. The molecule has 1 amide bonds. The van der Waals surface area contributed by atoms with Crippen LogP contribution in [0.3, 0.4) is 0 Å². The molecule has 2 saturated carbocycles. The first-order chi connectivity index (χ1) is 11.2. The Kier molecular flexibility index (Phi) is 4.12. The van der Waals surface area contributed by atoms with Gasteiger partial charge in [-0.2, -0.15) is 0 Å². The van der Waals surface area contributed by atoms with Crippen LogP contribution in [0.2, 0.25) is 0 Å². The van der Waals surface area contributed by atoms with Gasteiger partial charge < -0.3 is 10.0 Å². The van der Waals surface area contributed by atoms with E-state index in [-0.39, 0.29) is 12.0 Å². The van der Waals surface area contributed by atoms with Gasteiger partial charge in [0.1, 0.15) is 0 Å². The number of hydrogen-bond acceptors (Lipinski definition) is 3. The zero-order chi connectivity index (χ0) is 15.8. The molecule has 4 atom stereocenters. The van der Waals surface area contributed by atoms with Crippen LogP contribution in [0.1, 0.15) is 37.2 Å². The Morgan fingerprint density at radius 1 is 1.04 bits per heavy atom. The van der Waals surface area contributed by atoms with Gasteiger partial charge in [-0.1, -0.05) is 30.3 Å². The van der Waals surface area contributed by atoms with Gasteiger partial charge in [0.2, 0.25) is 5.91 Å². The molecule has 1 N–H and O–H groups in total. The molecular weight excluding hydrogens is 288 g/mol. The first kappa shape index (κ1) is 15.2. The van der Waals surface area contributed by atoms with Crippen LogP contribution in [0.15, 0.2) is 30.3 Å². The monoisotopic (exact) mass is 314 g/mol. The average molecular weight is 314 g/mol. The summed E-state index contributed by atoms with van der Waals surface area (Å²) in [4.78, 5) is 17.1. The lowest BCUT2D eigenvalue weighted by Gasteiger charge is -2.39. The van der Waals surface area contributed by atoms with Gasteiger partial charge in [0.25, 0.3) is 0 Å². The van der Waals surface area contributed by atoms with Crippen LogP contribution in [0.4, 0.5) is 0 Å². The molecule has 1 aromatic carbocycles. The maximum Gasteiger partial charge on any atom is 0.226 e. The first-order valence-corrected chi connectivity index (χ1v) is 9.00. The van der Waals surface area contributed by atoms with Gasteiger partial charge in [0, 0.05) is 38.1 Å². The Bertz CT molecular complexity index is 554. The second kappa shape index (κ2) is 6.25. The maximum absolute atomic E-state index is 12.7. The van der Waals surface area contributed by atoms with Gasteiger partial charge in [-0.05, 0) is 37.2 Å². The fraction of sp³-hybridized carbons (Fsp3) is 0.632. The van der Waals surface area contributed by atoms with Crippen LogP contribution in [0.5, 0.6) is 0 Å². The van der Waals surface area contributed by atoms with E-state index in [1.807, 2.05) is 11.0 Å². The molecule has 1 heterocycles. The smallest absolute Gasteiger partial charge is 0.226 e. The van der Waals surface area contributed by atoms with Crippen molar-refractivity contribution in [3.63, 3.8) is 0 Å². The molecule has 124 valence electrons. The SMILES string of the molecule is O=C([C@@H]1C[C@@H]1c1ccccc1)N1CCN([C@@H]2CCC[C@@H]2O)CC1. The van der Waals surface area contributed by atoms with Gasteiger partial charge in [0.05, 0.1) is 6.10 Å². The Hall–Kier alpha value is -1.39. The van der Waals surface area contributed by atoms with Crippen molar-refractivity contribution in [3.05, 3.63) is 35.9 Å². The molecule has 0 spiro atoms. The fourth-order valence-electron chi connectivity index (χ4n) is 4.39. The molecule has 0 bridgehead atoms. The van der Waals surface area contributed by atoms with E-state index in [0.29, 0.717) is 17.9 Å². The topological polar surface area (TPSA) is 43.8 Å². The predicted molar refractivity (Wildman–Crippen MR) is 89.1 cm³/mol. The third-order valence-electron chi connectivity index (χ3n) is 5.87. The van der Waals surface area contributed by atoms with E-state index in [2.05, 4.69) is 29.2 Å². The van der Waals surface area contributed by atoms with E-state index < -0.39 is 0 Å². The minimum absolute atomic E-state index is 0.164. The predicted octanol–water partition coefficient (Wildman–Crippen LogP) is 1.85. The second-order valence-corrected chi connectivity index (χ2v) is 7.29. The summed E-state index contributed by atoms with van der Waals surface area (Å²) in [6.07, 6.45) is 4.01. The molecule has 1 aliphatic heterocycles. The Balaban J connectivity index is 1.30. The van der Waals surface area contributed by atoms with Crippen molar-refractivity contribution in [1.29, 1.82) is 0 Å². The third kappa shape index (κ3) is 3.02. The van der Waals surface area contributed by atoms with Crippen molar-refractivity contribution >= 4 is 5.91 Å². The highest BCUT2D eigenvalue weighted by molar-refractivity contribution is 5.83. The third-order valence-corrected chi connectivity index (χ3v) is 5.87. The zero-order valence-corrected chi connectivity index (χ0v) is 13.6. The summed E-state index contributed by atoms with van der Waals surface area (Å²) < 4.78 is 0. The number of nitrogens with zero attached hydrogens (tertiary/aromatic N) is 2. The molecule has 1 aromatic rings. The van der Waals surface area contributed by atoms with Crippen LogP contribution < -0.4 is 0 Å². The molecule has 3 fully saturated rings. The number of benzene rings is 1. The molecule has 4 rings (SSSR count). The van der Waals surface area contributed by atoms with Gasteiger partial charge >= 0.3 is 0 Å². The van der Waals surface area contributed by atoms with Crippen molar-refractivity contribution in [3.8, 4) is 0 Å². The molecule has 4 heteroatoms. The van der Waals surface area contributed by atoms with Gasteiger partial charge in [-0.3, -0.25) is 9.69 Å². The molecular formula is C19H26N2O2. The summed E-state index contributed by atoms with van der Waals surface area (Å²) in [6, 6.07) is 10.7. The van der Waals surface area contributed by atoms with Gasteiger partial charge in [-0.25, -0.2) is 0 Å². The highest BCUT2D eigenvalue weighted by Crippen LogP contribution is 2.48. The maximum atomic E-state index is 12.7. The molecule has 0 aromatic heterocycles. The summed E-state index contributed by atoms with van der Waals surface area (Å²) in [5.74, 6) is 0.963. The zero-order valence-electron chi connectivity index (χ0n) is 13.6. The summed E-state index contributed by atoms with van der Waals surface area (Å²) >= 11 is 0. The second-order valence-electron chi connectivity index (χ2n) is 7.29. The van der Waals surface area contributed by atoms with Gasteiger partial charge in [0.15, 0.2) is 0 Å². The Morgan fingerprint density at radius 2 is 1.78 bits per heavy atom. The van der Waals surface area contributed by atoms with Crippen LogP contribution >= 0.6 is 0 Å². The number of aliphatic hydroxyl groups is 1. The lowest BCUT2D eigenvalue weighted by atomic mass is 10.1. The van der Waals surface area contributed by atoms with Crippen molar-refractivity contribution in [2.24, 2.45) is 5.92 Å². The standard InChI is InChI=1S/C19H26N2O2/c22-18-8-4-7-17(18)20-9-11-21(12-10-20)19(23)16-13-15(16)14-5-2-1-3-6-14/h1-3,5-6,15-18,22H,4,7-13H2/t15-,16-,17-,18+/m1/s1. The molecule has 1 saturated heterocycles. The minimum Gasteiger partial charge on any atom is -0.391 e. The van der Waals surface area contributed by atoms with Gasteiger partial charge in [-0.15, -0.1) is 0 Å². The number of amides is 1. The van der Waals surface area contributed by atoms with E-state index in [1.54, 1.807) is 0 Å². The number of carbonyl (C=O) groups is 1. The summed E-state index contributed by atoms with van der Waals surface area (Å²) in [7, 11) is 0. The highest BCUT2D eigenvalue weighted by atomic mass is 16.3. The van der Waals surface area contributed by atoms with E-state index in [1.165, 1.54) is 5.56 Å². The molecule has 3 aliphatic rings. The molecule has 4 nitrogen and oxygen atoms in total. The lowest BCUT2D eigenvalue weighted by molar-refractivity contribution is -0.135. The van der Waals surface area contributed by atoms with Crippen LogP contribution in [0.25, 0.3) is 0 Å². The normalized spacial score (nSPS) is 34.6. The van der Waals surface area contributed by atoms with Crippen molar-refractivity contribution in [2.45, 2.75) is 43.7 Å². The number of piperazine rings is 1. The molecule has 23 heavy (non-hydrogen) atoms. The quantitative estimate of drug-likeness (QED) is 0.926. The molecule has 0 radical (unpaired) electrons. The largest absolute Gasteiger partial charge is 0.391 e. The molecule has 2 aliphatic carbocycles. The van der Waals surface area contributed by atoms with E-state index in [4.69, 9.17) is 0 Å². The van der Waals surface area contributed by atoms with Crippen LogP contribution in [-0.4, -0.2) is 59.1 Å². The van der Waals surface area contributed by atoms with Crippen molar-refractivity contribution in [2.75, 3.05) is 26.2 Å². The summed E-state index contributed by atoms with van der Waals surface area (Å²) in [5, 5.41) is 10.1. The van der Waals surface area contributed by atoms with Crippen molar-refractivity contribution < 1.29 is 9.90 Å². The summed E-state index contributed by atoms with van der Waals surface area (Å²) in [5.41, 5.74) is 1.30.